The van der Waals surface area contributed by atoms with Gasteiger partial charge in [-0.25, -0.2) is 0 Å². The van der Waals surface area contributed by atoms with Crippen molar-refractivity contribution in [2.45, 2.75) is 49.9 Å². The summed E-state index contributed by atoms with van der Waals surface area (Å²) in [5, 5.41) is 27.2. The zero-order valence-corrected chi connectivity index (χ0v) is 28.4. The Balaban J connectivity index is 1.15. The van der Waals surface area contributed by atoms with Crippen molar-refractivity contribution in [1.29, 1.82) is 0 Å². The van der Waals surface area contributed by atoms with Gasteiger partial charge in [0.05, 0.1) is 18.7 Å². The molecule has 1 unspecified atom stereocenters. The molecule has 2 amide bonds. The van der Waals surface area contributed by atoms with E-state index in [0.717, 1.165) is 11.1 Å². The molecule has 6 rings (SSSR count). The third-order valence-electron chi connectivity index (χ3n) is 9.36. The van der Waals surface area contributed by atoms with E-state index < -0.39 is 54.7 Å². The molecular formula is C38H42F3N5O6. The molecule has 11 nitrogen and oxygen atoms in total. The molecule has 2 aliphatic heterocycles. The first-order chi connectivity index (χ1) is 25.0. The van der Waals surface area contributed by atoms with Crippen molar-refractivity contribution in [3.05, 3.63) is 108 Å². The summed E-state index contributed by atoms with van der Waals surface area (Å²) in [6, 6.07) is 22.2. The van der Waals surface area contributed by atoms with E-state index in [1.54, 1.807) is 47.6 Å². The number of fused-ring (bicyclic) bond motifs is 1. The molecule has 4 aromatic rings. The number of aliphatic hydroxyl groups is 2. The Morgan fingerprint density at radius 1 is 1.00 bits per heavy atom. The van der Waals surface area contributed by atoms with Crippen LogP contribution in [0.2, 0.25) is 0 Å². The van der Waals surface area contributed by atoms with Crippen LogP contribution >= 0.6 is 0 Å². The molecule has 0 spiro atoms. The van der Waals surface area contributed by atoms with E-state index in [-0.39, 0.29) is 39.1 Å². The average molecular weight is 722 g/mol. The molecule has 0 bridgehead atoms. The maximum absolute atomic E-state index is 13.9. The lowest BCUT2D eigenvalue weighted by atomic mass is 9.91. The Hall–Kier alpha value is -4.76. The average Bonchev–Trinajstić information content (AvgIpc) is 3.61. The minimum absolute atomic E-state index is 0.00423. The Bertz CT molecular complexity index is 1780. The van der Waals surface area contributed by atoms with Crippen LogP contribution in [0.15, 0.2) is 95.7 Å². The van der Waals surface area contributed by atoms with Gasteiger partial charge in [-0.05, 0) is 42.7 Å². The second-order valence-electron chi connectivity index (χ2n) is 13.3. The highest BCUT2D eigenvalue weighted by Crippen LogP contribution is 2.33. The van der Waals surface area contributed by atoms with Crippen molar-refractivity contribution < 1.29 is 42.1 Å². The molecule has 2 aromatic heterocycles. The normalized spacial score (nSPS) is 20.7. The van der Waals surface area contributed by atoms with E-state index in [1.807, 2.05) is 58.7 Å². The van der Waals surface area contributed by atoms with Crippen LogP contribution in [0.1, 0.15) is 29.3 Å². The number of nitrogens with one attached hydrogen (secondary N) is 2. The number of piperazine rings is 1. The number of ether oxygens (including phenoxy) is 1. The number of alkyl halides is 3. The van der Waals surface area contributed by atoms with Gasteiger partial charge < -0.3 is 30.0 Å². The summed E-state index contributed by atoms with van der Waals surface area (Å²) in [5.74, 6) is -0.102. The van der Waals surface area contributed by atoms with Gasteiger partial charge in [0.25, 0.3) is 0 Å². The zero-order chi connectivity index (χ0) is 36.7. The van der Waals surface area contributed by atoms with Crippen molar-refractivity contribution in [2.24, 2.45) is 5.92 Å². The maximum Gasteiger partial charge on any atom is 0.405 e. The van der Waals surface area contributed by atoms with Crippen molar-refractivity contribution in [2.75, 3.05) is 39.3 Å². The van der Waals surface area contributed by atoms with Crippen molar-refractivity contribution in [1.82, 2.24) is 25.4 Å². The Morgan fingerprint density at radius 2 is 1.79 bits per heavy atom. The Labute approximate surface area is 299 Å². The summed E-state index contributed by atoms with van der Waals surface area (Å²) in [4.78, 5) is 34.9. The minimum atomic E-state index is -4.60. The topological polar surface area (TPSA) is 140 Å². The number of halogens is 3. The molecule has 52 heavy (non-hydrogen) atoms. The maximum atomic E-state index is 13.9. The van der Waals surface area contributed by atoms with Gasteiger partial charge >= 0.3 is 6.18 Å². The Morgan fingerprint density at radius 3 is 2.56 bits per heavy atom. The van der Waals surface area contributed by atoms with Gasteiger partial charge in [0.15, 0.2) is 0 Å². The van der Waals surface area contributed by atoms with Crippen LogP contribution in [0.5, 0.6) is 5.75 Å². The highest BCUT2D eigenvalue weighted by molar-refractivity contribution is 5.82. The van der Waals surface area contributed by atoms with Crippen LogP contribution in [0, 0.1) is 5.92 Å². The van der Waals surface area contributed by atoms with Gasteiger partial charge in [-0.3, -0.25) is 24.4 Å². The summed E-state index contributed by atoms with van der Waals surface area (Å²) in [7, 11) is 0. The predicted octanol–water partition coefficient (Wildman–Crippen LogP) is 3.73. The molecule has 4 heterocycles. The van der Waals surface area contributed by atoms with Gasteiger partial charge in [-0.1, -0.05) is 54.6 Å². The number of β-amino-alcohol motifs (C(OH)–C–C–N with tert-alkyl or cyclic N) is 1. The fraction of sp³-hybridized carbons (Fsp3) is 0.395. The molecule has 0 aliphatic carbocycles. The lowest BCUT2D eigenvalue weighted by Crippen LogP contribution is -2.60. The van der Waals surface area contributed by atoms with Crippen LogP contribution in [0.25, 0.3) is 11.3 Å². The smallest absolute Gasteiger partial charge is 0.405 e. The molecular weight excluding hydrogens is 679 g/mol. The van der Waals surface area contributed by atoms with E-state index in [0.29, 0.717) is 35.9 Å². The number of rotatable bonds is 13. The number of aliphatic hydroxyl groups excluding tert-OH is 2. The summed E-state index contributed by atoms with van der Waals surface area (Å²) in [5.41, 5.74) is 2.29. The van der Waals surface area contributed by atoms with Crippen LogP contribution < -0.4 is 15.4 Å². The molecule has 2 aliphatic rings. The number of nitrogens with zero attached hydrogens (tertiary/aromatic N) is 3. The standard InChI is InChI=1S/C38H42F3N5O6/c39-38(40,41)24-43-37(50)31-22-45(21-29-12-13-33(52-29)26-8-2-1-3-9-26)15-16-46(31)20-28(47)18-27(17-25-7-6-14-42-19-25)36(49)44-35-30-10-4-5-11-34(30)51-23-32(35)48/h1-14,19,27-28,31-32,35,47-48H,15-18,20-24H2,(H,43,50)(H,44,49)/t27-,28-,31-,32?,35-/m0/s1. The van der Waals surface area contributed by atoms with Crippen LogP contribution in [-0.2, 0) is 22.6 Å². The fourth-order valence-electron chi connectivity index (χ4n) is 6.79. The number of benzene rings is 2. The second-order valence-corrected chi connectivity index (χ2v) is 13.3. The number of hydrogen-bond acceptors (Lipinski definition) is 9. The van der Waals surface area contributed by atoms with E-state index in [9.17, 15) is 33.0 Å². The SMILES string of the molecule is O=C(N[C@H]1c2ccccc2OCC1O)[C@@H](Cc1cccnc1)C[C@H](O)CN1CCN(Cc2ccc(-c3ccccc3)o2)C[C@H]1C(=O)NCC(F)(F)F. The van der Waals surface area contributed by atoms with E-state index in [2.05, 4.69) is 10.3 Å². The lowest BCUT2D eigenvalue weighted by molar-refractivity contribution is -0.143. The number of amides is 2. The van der Waals surface area contributed by atoms with Gasteiger partial charge in [0.1, 0.15) is 42.6 Å². The Kier molecular flexibility index (Phi) is 11.9. The fourth-order valence-corrected chi connectivity index (χ4v) is 6.79. The van der Waals surface area contributed by atoms with E-state index >= 15 is 0 Å². The van der Waals surface area contributed by atoms with Crippen LogP contribution in [0.4, 0.5) is 13.2 Å². The van der Waals surface area contributed by atoms with Crippen molar-refractivity contribution >= 4 is 11.8 Å². The van der Waals surface area contributed by atoms with Crippen LogP contribution in [-0.4, -0.2) is 101 Å². The van der Waals surface area contributed by atoms with Crippen molar-refractivity contribution in [3.63, 3.8) is 0 Å². The molecule has 1 saturated heterocycles. The summed E-state index contributed by atoms with van der Waals surface area (Å²) in [6.07, 6.45) is -3.26. The number of aromatic nitrogens is 1. The monoisotopic (exact) mass is 721 g/mol. The molecule has 14 heteroatoms. The van der Waals surface area contributed by atoms with E-state index in [1.165, 1.54) is 0 Å². The van der Waals surface area contributed by atoms with Gasteiger partial charge in [-0.15, -0.1) is 0 Å². The van der Waals surface area contributed by atoms with Gasteiger partial charge in [0.2, 0.25) is 11.8 Å². The summed E-state index contributed by atoms with van der Waals surface area (Å²) in [6.45, 7) is -0.382. The number of carbonyl (C=O) groups is 2. The predicted molar refractivity (Wildman–Crippen MR) is 185 cm³/mol. The van der Waals surface area contributed by atoms with E-state index in [4.69, 9.17) is 9.15 Å². The third-order valence-corrected chi connectivity index (χ3v) is 9.36. The second kappa shape index (κ2) is 16.7. The first kappa shape index (κ1) is 37.0. The third kappa shape index (κ3) is 9.76. The molecule has 0 radical (unpaired) electrons. The molecule has 276 valence electrons. The quantitative estimate of drug-likeness (QED) is 0.163. The molecule has 2 aromatic carbocycles. The number of hydrogen-bond donors (Lipinski definition) is 4. The van der Waals surface area contributed by atoms with Gasteiger partial charge in [0, 0.05) is 55.6 Å². The number of pyridine rings is 1. The first-order valence-electron chi connectivity index (χ1n) is 17.2. The molecule has 1 fully saturated rings. The number of para-hydroxylation sites is 1. The highest BCUT2D eigenvalue weighted by Gasteiger charge is 2.38. The summed E-state index contributed by atoms with van der Waals surface area (Å²) >= 11 is 0. The summed E-state index contributed by atoms with van der Waals surface area (Å²) < 4.78 is 51.0. The minimum Gasteiger partial charge on any atom is -0.490 e. The largest absolute Gasteiger partial charge is 0.490 e. The molecule has 5 atom stereocenters. The number of furan rings is 1. The van der Waals surface area contributed by atoms with Gasteiger partial charge in [-0.2, -0.15) is 13.2 Å². The molecule has 4 N–H and O–H groups in total. The molecule has 0 saturated carbocycles. The lowest BCUT2D eigenvalue weighted by Gasteiger charge is -2.41. The van der Waals surface area contributed by atoms with Crippen LogP contribution in [0.3, 0.4) is 0 Å². The highest BCUT2D eigenvalue weighted by atomic mass is 19.4. The first-order valence-corrected chi connectivity index (χ1v) is 17.2. The number of carbonyl (C=O) groups excluding carboxylic acids is 2. The van der Waals surface area contributed by atoms with Crippen molar-refractivity contribution in [3.8, 4) is 17.1 Å². The zero-order valence-electron chi connectivity index (χ0n) is 28.4.